The van der Waals surface area contributed by atoms with Crippen LogP contribution in [0.2, 0.25) is 5.02 Å². The molecule has 3 nitrogen and oxygen atoms in total. The molecule has 1 atom stereocenters. The molecule has 0 spiro atoms. The second-order valence-corrected chi connectivity index (χ2v) is 6.65. The average Bonchev–Trinajstić information content (AvgIpc) is 2.38. The van der Waals surface area contributed by atoms with Crippen molar-refractivity contribution in [2.75, 3.05) is 11.4 Å². The number of nitrogens with zero attached hydrogens (tertiary/aromatic N) is 2. The fourth-order valence-electron chi connectivity index (χ4n) is 2.03. The van der Waals surface area contributed by atoms with E-state index in [9.17, 15) is 0 Å². The van der Waals surface area contributed by atoms with E-state index in [4.69, 9.17) is 16.6 Å². The van der Waals surface area contributed by atoms with Crippen molar-refractivity contribution >= 4 is 17.4 Å². The molecular formula is C16H28ClN3. The predicted octanol–water partition coefficient (Wildman–Crippen LogP) is 4.25. The number of hydrogen-bond donors (Lipinski definition) is 1. The zero-order valence-corrected chi connectivity index (χ0v) is 14.4. The van der Waals surface area contributed by atoms with Gasteiger partial charge in [0.2, 0.25) is 0 Å². The van der Waals surface area contributed by atoms with E-state index < -0.39 is 0 Å². The Kier molecular flexibility index (Phi) is 6.28. The smallest absolute Gasteiger partial charge is 0.129 e. The topological polar surface area (TPSA) is 28.2 Å². The first-order valence-corrected chi connectivity index (χ1v) is 7.83. The van der Waals surface area contributed by atoms with Crippen LogP contribution in [0.5, 0.6) is 0 Å². The van der Waals surface area contributed by atoms with E-state index >= 15 is 0 Å². The first kappa shape index (κ1) is 17.3. The summed E-state index contributed by atoms with van der Waals surface area (Å²) in [7, 11) is 0. The molecule has 0 amide bonds. The molecule has 4 heteroatoms. The predicted molar refractivity (Wildman–Crippen MR) is 88.6 cm³/mol. The van der Waals surface area contributed by atoms with Crippen LogP contribution >= 0.6 is 11.6 Å². The fourth-order valence-corrected chi connectivity index (χ4v) is 2.20. The minimum absolute atomic E-state index is 0.0577. The highest BCUT2D eigenvalue weighted by Crippen LogP contribution is 2.22. The van der Waals surface area contributed by atoms with E-state index in [1.807, 2.05) is 12.1 Å². The third-order valence-corrected chi connectivity index (χ3v) is 3.79. The molecule has 0 saturated carbocycles. The minimum Gasteiger partial charge on any atom is -0.354 e. The number of hydrogen-bond acceptors (Lipinski definition) is 3. The standard InChI is InChI=1S/C16H28ClN3/c1-7-12(3)20(8-2)15-10-9-13(17)14(19-15)11-18-16(4,5)6/h9-10,12,18H,7-8,11H2,1-6H3. The van der Waals surface area contributed by atoms with E-state index in [-0.39, 0.29) is 5.54 Å². The Bertz CT molecular complexity index is 426. The van der Waals surface area contributed by atoms with Gasteiger partial charge in [0.15, 0.2) is 0 Å². The maximum Gasteiger partial charge on any atom is 0.129 e. The monoisotopic (exact) mass is 297 g/mol. The Morgan fingerprint density at radius 2 is 1.95 bits per heavy atom. The highest BCUT2D eigenvalue weighted by Gasteiger charge is 2.15. The summed E-state index contributed by atoms with van der Waals surface area (Å²) >= 11 is 6.27. The average molecular weight is 298 g/mol. The van der Waals surface area contributed by atoms with Crippen molar-refractivity contribution in [3.05, 3.63) is 22.8 Å². The maximum atomic E-state index is 6.27. The van der Waals surface area contributed by atoms with Crippen LogP contribution in [0.25, 0.3) is 0 Å². The van der Waals surface area contributed by atoms with E-state index in [0.29, 0.717) is 12.6 Å². The van der Waals surface area contributed by atoms with Gasteiger partial charge in [0, 0.05) is 24.7 Å². The summed E-state index contributed by atoms with van der Waals surface area (Å²) in [5.74, 6) is 1.01. The Balaban J connectivity index is 2.95. The Labute approximate surface area is 128 Å². The summed E-state index contributed by atoms with van der Waals surface area (Å²) in [5.41, 5.74) is 0.975. The Hall–Kier alpha value is -0.800. The van der Waals surface area contributed by atoms with Gasteiger partial charge in [0.05, 0.1) is 10.7 Å². The van der Waals surface area contributed by atoms with Gasteiger partial charge in [-0.2, -0.15) is 0 Å². The van der Waals surface area contributed by atoms with Gasteiger partial charge in [-0.15, -0.1) is 0 Å². The number of anilines is 1. The molecule has 1 N–H and O–H groups in total. The third-order valence-electron chi connectivity index (χ3n) is 3.45. The summed E-state index contributed by atoms with van der Waals surface area (Å²) in [6, 6.07) is 4.45. The molecule has 0 bridgehead atoms. The first-order chi connectivity index (χ1) is 9.28. The highest BCUT2D eigenvalue weighted by atomic mass is 35.5. The second kappa shape index (κ2) is 7.28. The van der Waals surface area contributed by atoms with Gasteiger partial charge in [0.25, 0.3) is 0 Å². The van der Waals surface area contributed by atoms with Gasteiger partial charge in [-0.25, -0.2) is 4.98 Å². The van der Waals surface area contributed by atoms with Crippen LogP contribution in [0.1, 0.15) is 53.7 Å². The number of pyridine rings is 1. The molecule has 1 heterocycles. The summed E-state index contributed by atoms with van der Waals surface area (Å²) in [5, 5.41) is 4.17. The second-order valence-electron chi connectivity index (χ2n) is 6.24. The summed E-state index contributed by atoms with van der Waals surface area (Å²) in [6.07, 6.45) is 1.10. The largest absolute Gasteiger partial charge is 0.354 e. The van der Waals surface area contributed by atoms with Crippen molar-refractivity contribution in [2.24, 2.45) is 0 Å². The Morgan fingerprint density at radius 3 is 2.45 bits per heavy atom. The molecule has 1 rings (SSSR count). The lowest BCUT2D eigenvalue weighted by Crippen LogP contribution is -2.36. The van der Waals surface area contributed by atoms with Gasteiger partial charge in [0.1, 0.15) is 5.82 Å². The molecule has 114 valence electrons. The van der Waals surface area contributed by atoms with Crippen molar-refractivity contribution in [3.8, 4) is 0 Å². The third kappa shape index (κ3) is 4.95. The number of halogens is 1. The number of aromatic nitrogens is 1. The normalized spacial score (nSPS) is 13.3. The quantitative estimate of drug-likeness (QED) is 0.851. The zero-order chi connectivity index (χ0) is 15.3. The highest BCUT2D eigenvalue weighted by molar-refractivity contribution is 6.31. The van der Waals surface area contributed by atoms with Crippen molar-refractivity contribution in [3.63, 3.8) is 0 Å². The first-order valence-electron chi connectivity index (χ1n) is 7.45. The van der Waals surface area contributed by atoms with Gasteiger partial charge >= 0.3 is 0 Å². The van der Waals surface area contributed by atoms with Crippen LogP contribution in [-0.4, -0.2) is 23.1 Å². The summed E-state index contributed by atoms with van der Waals surface area (Å²) < 4.78 is 0. The minimum atomic E-state index is 0.0577. The lowest BCUT2D eigenvalue weighted by Gasteiger charge is -2.29. The van der Waals surface area contributed by atoms with Crippen LogP contribution < -0.4 is 10.2 Å². The number of nitrogens with one attached hydrogen (secondary N) is 1. The van der Waals surface area contributed by atoms with Crippen LogP contribution in [0.15, 0.2) is 12.1 Å². The van der Waals surface area contributed by atoms with Crippen LogP contribution in [0, 0.1) is 0 Å². The van der Waals surface area contributed by atoms with Gasteiger partial charge in [-0.05, 0) is 53.2 Å². The molecule has 0 radical (unpaired) electrons. The zero-order valence-electron chi connectivity index (χ0n) is 13.6. The van der Waals surface area contributed by atoms with Crippen molar-refractivity contribution < 1.29 is 0 Å². The van der Waals surface area contributed by atoms with E-state index in [0.717, 1.165) is 29.5 Å². The van der Waals surface area contributed by atoms with Gasteiger partial charge in [-0.3, -0.25) is 0 Å². The maximum absolute atomic E-state index is 6.27. The van der Waals surface area contributed by atoms with Gasteiger partial charge < -0.3 is 10.2 Å². The van der Waals surface area contributed by atoms with Gasteiger partial charge in [-0.1, -0.05) is 18.5 Å². The molecule has 20 heavy (non-hydrogen) atoms. The molecule has 1 aromatic heterocycles. The van der Waals surface area contributed by atoms with E-state index in [1.165, 1.54) is 0 Å². The summed E-state index contributed by atoms with van der Waals surface area (Å²) in [6.45, 7) is 14.7. The Morgan fingerprint density at radius 1 is 1.30 bits per heavy atom. The fraction of sp³-hybridized carbons (Fsp3) is 0.688. The van der Waals surface area contributed by atoms with Crippen LogP contribution in [0.4, 0.5) is 5.82 Å². The molecule has 0 aromatic carbocycles. The summed E-state index contributed by atoms with van der Waals surface area (Å²) in [4.78, 5) is 7.06. The van der Waals surface area contributed by atoms with Crippen LogP contribution in [0.3, 0.4) is 0 Å². The lowest BCUT2D eigenvalue weighted by molar-refractivity contribution is 0.421. The van der Waals surface area contributed by atoms with Crippen molar-refractivity contribution in [2.45, 2.75) is 66.1 Å². The molecule has 1 unspecified atom stereocenters. The van der Waals surface area contributed by atoms with E-state index in [2.05, 4.69) is 51.8 Å². The van der Waals surface area contributed by atoms with Crippen LogP contribution in [-0.2, 0) is 6.54 Å². The molecule has 0 aliphatic rings. The SMILES string of the molecule is CCC(C)N(CC)c1ccc(Cl)c(CNC(C)(C)C)n1. The van der Waals surface area contributed by atoms with Crippen molar-refractivity contribution in [1.82, 2.24) is 10.3 Å². The lowest BCUT2D eigenvalue weighted by atomic mass is 10.1. The van der Waals surface area contributed by atoms with Crippen molar-refractivity contribution in [1.29, 1.82) is 0 Å². The molecule has 0 aliphatic heterocycles. The molecule has 1 aromatic rings. The molecule has 0 saturated heterocycles. The molecule has 0 fully saturated rings. The number of rotatable bonds is 6. The molecule has 0 aliphatic carbocycles. The van der Waals surface area contributed by atoms with E-state index in [1.54, 1.807) is 0 Å². The molecular weight excluding hydrogens is 270 g/mol.